The molecule has 1 aromatic rings. The lowest BCUT2D eigenvalue weighted by atomic mass is 10.1. The molecule has 3 N–H and O–H groups in total. The number of hydrogen-bond donors (Lipinski definition) is 2. The van der Waals surface area contributed by atoms with Gasteiger partial charge in [-0.1, -0.05) is 13.8 Å². The van der Waals surface area contributed by atoms with Gasteiger partial charge >= 0.3 is 0 Å². The lowest BCUT2D eigenvalue weighted by molar-refractivity contribution is 0.503. The van der Waals surface area contributed by atoms with Crippen molar-refractivity contribution in [3.8, 4) is 0 Å². The van der Waals surface area contributed by atoms with E-state index in [9.17, 15) is 8.42 Å². The minimum absolute atomic E-state index is 0.248. The van der Waals surface area contributed by atoms with E-state index >= 15 is 0 Å². The number of nitrogens with two attached hydrogens (primary N) is 1. The van der Waals surface area contributed by atoms with E-state index in [1.807, 2.05) is 0 Å². The minimum atomic E-state index is -3.58. The van der Waals surface area contributed by atoms with Gasteiger partial charge in [0.1, 0.15) is 4.21 Å². The van der Waals surface area contributed by atoms with Crippen LogP contribution in [0.15, 0.2) is 14.5 Å². The molecule has 108 valence electrons. The molecule has 0 saturated carbocycles. The van der Waals surface area contributed by atoms with Crippen LogP contribution in [0, 0.1) is 9.93 Å². The molecule has 0 aromatic carbocycles. The van der Waals surface area contributed by atoms with Crippen molar-refractivity contribution in [2.45, 2.75) is 40.0 Å². The molecule has 9 heteroatoms. The normalized spacial score (nSPS) is 22.3. The summed E-state index contributed by atoms with van der Waals surface area (Å²) in [6, 6.07) is 1.97. The number of rotatable bonds is 3. The largest absolute Gasteiger partial charge is 0.310 e. The molecule has 0 unspecified atom stereocenters. The van der Waals surface area contributed by atoms with E-state index in [0.29, 0.717) is 5.25 Å². The Hall–Kier alpha value is -0.480. The van der Waals surface area contributed by atoms with Gasteiger partial charge in [0.2, 0.25) is 10.0 Å². The van der Waals surface area contributed by atoms with Gasteiger partial charge in [0.15, 0.2) is 0 Å². The van der Waals surface area contributed by atoms with Gasteiger partial charge in [-0.2, -0.15) is 0 Å². The van der Waals surface area contributed by atoms with Crippen molar-refractivity contribution in [1.82, 2.24) is 5.32 Å². The first-order valence-corrected chi connectivity index (χ1v) is 8.89. The third-order valence-corrected chi connectivity index (χ3v) is 6.63. The standard InChI is InChI=1S/C10H16N2O2S3.O2/c1-3-12-8-4-6(2)15-10-7(8)5-9(16-10)17(11,13)14;1-2/h5-6,8,12H,3-4H2,1-2H3,(H2,11,13,14);/t6-,8-;/m0./s1. The van der Waals surface area contributed by atoms with E-state index < -0.39 is 10.0 Å². The minimum Gasteiger partial charge on any atom is -0.310 e. The summed E-state index contributed by atoms with van der Waals surface area (Å²) in [5, 5.41) is 9.07. The van der Waals surface area contributed by atoms with Crippen LogP contribution >= 0.6 is 23.1 Å². The maximum Gasteiger partial charge on any atom is 0.247 e. The topological polar surface area (TPSA) is 106 Å². The van der Waals surface area contributed by atoms with Crippen molar-refractivity contribution in [1.29, 1.82) is 0 Å². The Labute approximate surface area is 120 Å². The predicted molar refractivity (Wildman–Crippen MR) is 78.8 cm³/mol. The summed E-state index contributed by atoms with van der Waals surface area (Å²) in [7, 11) is -3.58. The van der Waals surface area contributed by atoms with Crippen molar-refractivity contribution in [3.05, 3.63) is 21.6 Å². The van der Waals surface area contributed by atoms with Crippen LogP contribution in [0.3, 0.4) is 0 Å². The fourth-order valence-electron chi connectivity index (χ4n) is 1.97. The van der Waals surface area contributed by atoms with Gasteiger partial charge in [-0.25, -0.2) is 13.6 Å². The lowest BCUT2D eigenvalue weighted by Crippen LogP contribution is -2.26. The molecule has 2 rings (SSSR count). The SMILES string of the molecule is CCN[C@H]1C[C@H](C)Sc2sc(S(N)(=O)=O)cc21.O=O. The van der Waals surface area contributed by atoms with E-state index in [2.05, 4.69) is 19.2 Å². The highest BCUT2D eigenvalue weighted by molar-refractivity contribution is 8.02. The molecule has 1 aliphatic heterocycles. The van der Waals surface area contributed by atoms with Gasteiger partial charge in [-0.15, -0.1) is 23.1 Å². The monoisotopic (exact) mass is 324 g/mol. The Kier molecular flexibility index (Phi) is 5.93. The number of thioether (sulfide) groups is 1. The molecular weight excluding hydrogens is 308 g/mol. The lowest BCUT2D eigenvalue weighted by Gasteiger charge is -2.27. The second-order valence-electron chi connectivity index (χ2n) is 4.13. The number of thiophene rings is 1. The summed E-state index contributed by atoms with van der Waals surface area (Å²) >= 11 is 3.02. The summed E-state index contributed by atoms with van der Waals surface area (Å²) < 4.78 is 24.1. The van der Waals surface area contributed by atoms with E-state index in [4.69, 9.17) is 15.1 Å². The molecule has 0 spiro atoms. The average Bonchev–Trinajstić information content (AvgIpc) is 2.75. The Morgan fingerprint density at radius 2 is 2.11 bits per heavy atom. The molecule has 2 heterocycles. The van der Waals surface area contributed by atoms with Crippen LogP contribution in [0.25, 0.3) is 0 Å². The van der Waals surface area contributed by atoms with Crippen LogP contribution < -0.4 is 10.5 Å². The average molecular weight is 324 g/mol. The zero-order valence-electron chi connectivity index (χ0n) is 10.6. The van der Waals surface area contributed by atoms with Crippen LogP contribution in [0.5, 0.6) is 0 Å². The van der Waals surface area contributed by atoms with Gasteiger partial charge < -0.3 is 5.32 Å². The second kappa shape index (κ2) is 6.80. The molecule has 0 amide bonds. The van der Waals surface area contributed by atoms with Crippen LogP contribution in [-0.4, -0.2) is 20.2 Å². The number of hydrogen-bond acceptors (Lipinski definition) is 7. The summed E-state index contributed by atoms with van der Waals surface area (Å²) in [4.78, 5) is 14.0. The fourth-order valence-corrected chi connectivity index (χ4v) is 5.77. The molecular formula is C10H16N2O4S3. The van der Waals surface area contributed by atoms with Gasteiger partial charge in [-0.3, -0.25) is 0 Å². The molecule has 0 radical (unpaired) electrons. The third kappa shape index (κ3) is 3.99. The van der Waals surface area contributed by atoms with Crippen molar-refractivity contribution < 1.29 is 8.42 Å². The summed E-state index contributed by atoms with van der Waals surface area (Å²) in [6.07, 6.45) is 1.02. The molecule has 19 heavy (non-hydrogen) atoms. The van der Waals surface area contributed by atoms with E-state index in [0.717, 1.165) is 22.7 Å². The van der Waals surface area contributed by atoms with Gasteiger partial charge in [-0.05, 0) is 24.6 Å². The Morgan fingerprint density at radius 3 is 2.63 bits per heavy atom. The summed E-state index contributed by atoms with van der Waals surface area (Å²) in [5.41, 5.74) is 1.09. The van der Waals surface area contributed by atoms with Crippen molar-refractivity contribution in [2.24, 2.45) is 5.14 Å². The maximum absolute atomic E-state index is 11.4. The number of nitrogens with one attached hydrogen (secondary N) is 1. The second-order valence-corrected chi connectivity index (χ2v) is 8.68. The van der Waals surface area contributed by atoms with Crippen LogP contribution in [-0.2, 0) is 10.0 Å². The quantitative estimate of drug-likeness (QED) is 0.880. The molecule has 0 saturated heterocycles. The highest BCUT2D eigenvalue weighted by Gasteiger charge is 2.29. The first-order valence-electron chi connectivity index (χ1n) is 5.65. The van der Waals surface area contributed by atoms with Gasteiger partial charge in [0.25, 0.3) is 0 Å². The highest BCUT2D eigenvalue weighted by atomic mass is 32.3. The van der Waals surface area contributed by atoms with Gasteiger partial charge in [0, 0.05) is 21.2 Å². The Balaban J connectivity index is 0.000000861. The number of primary sulfonamides is 1. The molecule has 2 atom stereocenters. The number of sulfonamides is 1. The van der Waals surface area contributed by atoms with E-state index in [1.54, 1.807) is 17.8 Å². The van der Waals surface area contributed by atoms with Crippen molar-refractivity contribution >= 4 is 33.1 Å². The fraction of sp³-hybridized carbons (Fsp3) is 0.600. The predicted octanol–water partition coefficient (Wildman–Crippen LogP) is 2.00. The van der Waals surface area contributed by atoms with Crippen LogP contribution in [0.2, 0.25) is 0 Å². The Bertz CT molecular complexity index is 529. The summed E-state index contributed by atoms with van der Waals surface area (Å²) in [5.74, 6) is 0. The molecule has 1 aliphatic rings. The van der Waals surface area contributed by atoms with Gasteiger partial charge in [0.05, 0.1) is 4.21 Å². The maximum atomic E-state index is 11.4. The zero-order chi connectivity index (χ0) is 14.6. The van der Waals surface area contributed by atoms with Crippen LogP contribution in [0.4, 0.5) is 0 Å². The molecule has 1 aromatic heterocycles. The van der Waals surface area contributed by atoms with E-state index in [1.165, 1.54) is 11.3 Å². The molecule has 0 aliphatic carbocycles. The third-order valence-electron chi connectivity index (χ3n) is 2.68. The summed E-state index contributed by atoms with van der Waals surface area (Å²) in [6.45, 7) is 5.09. The van der Waals surface area contributed by atoms with E-state index in [-0.39, 0.29) is 10.3 Å². The number of fused-ring (bicyclic) bond motifs is 1. The smallest absolute Gasteiger partial charge is 0.247 e. The molecule has 0 fully saturated rings. The highest BCUT2D eigenvalue weighted by Crippen LogP contribution is 2.46. The Morgan fingerprint density at radius 1 is 1.47 bits per heavy atom. The van der Waals surface area contributed by atoms with Crippen molar-refractivity contribution in [3.63, 3.8) is 0 Å². The first-order chi connectivity index (χ1) is 8.91. The van der Waals surface area contributed by atoms with Crippen molar-refractivity contribution in [2.75, 3.05) is 6.54 Å². The first kappa shape index (κ1) is 16.6. The zero-order valence-corrected chi connectivity index (χ0v) is 13.0. The van der Waals surface area contributed by atoms with Crippen LogP contribution in [0.1, 0.15) is 31.9 Å². The molecule has 0 bridgehead atoms. The molecule has 6 nitrogen and oxygen atoms in total.